The van der Waals surface area contributed by atoms with Crippen molar-refractivity contribution in [3.63, 3.8) is 0 Å². The van der Waals surface area contributed by atoms with Gasteiger partial charge in [-0.3, -0.25) is 9.89 Å². The van der Waals surface area contributed by atoms with Crippen LogP contribution in [0.4, 0.5) is 5.82 Å². The number of nitrogens with two attached hydrogens (primary N) is 1. The van der Waals surface area contributed by atoms with Gasteiger partial charge in [-0.2, -0.15) is 5.10 Å². The van der Waals surface area contributed by atoms with Gasteiger partial charge in [-0.1, -0.05) is 0 Å². The van der Waals surface area contributed by atoms with Crippen LogP contribution in [0.15, 0.2) is 6.07 Å². The number of ether oxygens (including phenoxy) is 1. The lowest BCUT2D eigenvalue weighted by atomic mass is 10.1. The van der Waals surface area contributed by atoms with Crippen LogP contribution >= 0.6 is 0 Å². The van der Waals surface area contributed by atoms with Gasteiger partial charge < -0.3 is 15.4 Å². The van der Waals surface area contributed by atoms with Crippen molar-refractivity contribution in [1.82, 2.24) is 15.1 Å². The highest BCUT2D eigenvalue weighted by atomic mass is 16.5. The standard InChI is InChI=1S/C10H16N4O2/c1-14(7-2-4-16-5-3-7)10(15)8-6-9(11)13-12-8/h6-7H,2-5H2,1H3,(H3,11,12,13). The molecule has 1 fully saturated rings. The van der Waals surface area contributed by atoms with E-state index in [1.165, 1.54) is 0 Å². The van der Waals surface area contributed by atoms with Gasteiger partial charge in [0.15, 0.2) is 0 Å². The largest absolute Gasteiger partial charge is 0.382 e. The van der Waals surface area contributed by atoms with Crippen LogP contribution in [0, 0.1) is 0 Å². The molecule has 1 aliphatic heterocycles. The van der Waals surface area contributed by atoms with E-state index in [0.29, 0.717) is 24.7 Å². The average molecular weight is 224 g/mol. The number of nitrogen functional groups attached to an aromatic ring is 1. The number of amides is 1. The van der Waals surface area contributed by atoms with Gasteiger partial charge in [0, 0.05) is 32.4 Å². The number of nitrogens with zero attached hydrogens (tertiary/aromatic N) is 2. The first-order valence-electron chi connectivity index (χ1n) is 5.34. The van der Waals surface area contributed by atoms with Gasteiger partial charge in [0.1, 0.15) is 11.5 Å². The van der Waals surface area contributed by atoms with Crippen molar-refractivity contribution in [2.75, 3.05) is 26.0 Å². The summed E-state index contributed by atoms with van der Waals surface area (Å²) in [5.41, 5.74) is 5.90. The molecule has 1 saturated heterocycles. The smallest absolute Gasteiger partial charge is 0.271 e. The molecular formula is C10H16N4O2. The number of carbonyl (C=O) groups is 1. The van der Waals surface area contributed by atoms with Crippen molar-refractivity contribution in [1.29, 1.82) is 0 Å². The average Bonchev–Trinajstić information content (AvgIpc) is 2.75. The highest BCUT2D eigenvalue weighted by molar-refractivity contribution is 5.93. The lowest BCUT2D eigenvalue weighted by Crippen LogP contribution is -2.40. The molecule has 16 heavy (non-hydrogen) atoms. The van der Waals surface area contributed by atoms with Crippen LogP contribution in [0.1, 0.15) is 23.3 Å². The number of aromatic nitrogens is 2. The quantitative estimate of drug-likeness (QED) is 0.753. The summed E-state index contributed by atoms with van der Waals surface area (Å²) in [4.78, 5) is 13.7. The van der Waals surface area contributed by atoms with E-state index in [-0.39, 0.29) is 11.9 Å². The number of anilines is 1. The van der Waals surface area contributed by atoms with E-state index in [9.17, 15) is 4.79 Å². The molecule has 88 valence electrons. The molecule has 1 aliphatic rings. The van der Waals surface area contributed by atoms with Gasteiger partial charge in [0.2, 0.25) is 0 Å². The molecule has 1 amide bonds. The van der Waals surface area contributed by atoms with E-state index in [2.05, 4.69) is 10.2 Å². The number of rotatable bonds is 2. The fraction of sp³-hybridized carbons (Fsp3) is 0.600. The number of hydrogen-bond donors (Lipinski definition) is 2. The van der Waals surface area contributed by atoms with E-state index >= 15 is 0 Å². The second-order valence-corrected chi connectivity index (χ2v) is 3.97. The Morgan fingerprint density at radius 1 is 1.62 bits per heavy atom. The van der Waals surface area contributed by atoms with Crippen molar-refractivity contribution < 1.29 is 9.53 Å². The monoisotopic (exact) mass is 224 g/mol. The molecule has 1 aromatic heterocycles. The Morgan fingerprint density at radius 2 is 2.31 bits per heavy atom. The molecular weight excluding hydrogens is 208 g/mol. The third-order valence-electron chi connectivity index (χ3n) is 2.89. The molecule has 3 N–H and O–H groups in total. The Morgan fingerprint density at radius 3 is 2.88 bits per heavy atom. The number of aromatic amines is 1. The molecule has 0 bridgehead atoms. The molecule has 6 nitrogen and oxygen atoms in total. The molecule has 0 aliphatic carbocycles. The topological polar surface area (TPSA) is 84.2 Å². The minimum absolute atomic E-state index is 0.0731. The van der Waals surface area contributed by atoms with Gasteiger partial charge in [-0.15, -0.1) is 0 Å². The zero-order chi connectivity index (χ0) is 11.5. The van der Waals surface area contributed by atoms with Crippen LogP contribution < -0.4 is 5.73 Å². The SMILES string of the molecule is CN(C(=O)c1cc(N)n[nH]1)C1CCOCC1. The van der Waals surface area contributed by atoms with Crippen molar-refractivity contribution in [3.05, 3.63) is 11.8 Å². The molecule has 0 spiro atoms. The van der Waals surface area contributed by atoms with Crippen LogP contribution in [0.3, 0.4) is 0 Å². The maximum Gasteiger partial charge on any atom is 0.271 e. The summed E-state index contributed by atoms with van der Waals surface area (Å²) >= 11 is 0. The Labute approximate surface area is 93.8 Å². The summed E-state index contributed by atoms with van der Waals surface area (Å²) in [5.74, 6) is 0.264. The van der Waals surface area contributed by atoms with Crippen LogP contribution in [0.2, 0.25) is 0 Å². The first-order valence-corrected chi connectivity index (χ1v) is 5.34. The van der Waals surface area contributed by atoms with E-state index in [1.807, 2.05) is 0 Å². The van der Waals surface area contributed by atoms with Crippen LogP contribution in [-0.4, -0.2) is 47.3 Å². The zero-order valence-electron chi connectivity index (χ0n) is 9.27. The first kappa shape index (κ1) is 10.9. The van der Waals surface area contributed by atoms with Crippen molar-refractivity contribution in [2.24, 2.45) is 0 Å². The molecule has 2 heterocycles. The fourth-order valence-electron chi connectivity index (χ4n) is 1.88. The summed E-state index contributed by atoms with van der Waals surface area (Å²) in [6, 6.07) is 1.80. The number of nitrogens with one attached hydrogen (secondary N) is 1. The summed E-state index contributed by atoms with van der Waals surface area (Å²) in [7, 11) is 1.80. The van der Waals surface area contributed by atoms with Crippen molar-refractivity contribution in [2.45, 2.75) is 18.9 Å². The van der Waals surface area contributed by atoms with Crippen LogP contribution in [0.5, 0.6) is 0 Å². The molecule has 0 aromatic carbocycles. The molecule has 0 atom stereocenters. The third-order valence-corrected chi connectivity index (χ3v) is 2.89. The Hall–Kier alpha value is -1.56. The molecule has 2 rings (SSSR count). The summed E-state index contributed by atoms with van der Waals surface area (Å²) in [5, 5.41) is 6.37. The summed E-state index contributed by atoms with van der Waals surface area (Å²) in [6.45, 7) is 1.43. The second-order valence-electron chi connectivity index (χ2n) is 3.97. The number of carbonyl (C=O) groups excluding carboxylic acids is 1. The van der Waals surface area contributed by atoms with Gasteiger partial charge in [-0.25, -0.2) is 0 Å². The van der Waals surface area contributed by atoms with Crippen molar-refractivity contribution >= 4 is 11.7 Å². The third kappa shape index (κ3) is 2.16. The van der Waals surface area contributed by atoms with Gasteiger partial charge in [0.25, 0.3) is 5.91 Å². The number of hydrogen-bond acceptors (Lipinski definition) is 4. The zero-order valence-corrected chi connectivity index (χ0v) is 9.27. The number of H-pyrrole nitrogens is 1. The maximum atomic E-state index is 12.0. The highest BCUT2D eigenvalue weighted by Gasteiger charge is 2.24. The van der Waals surface area contributed by atoms with Gasteiger partial charge in [-0.05, 0) is 12.8 Å². The molecule has 0 saturated carbocycles. The summed E-state index contributed by atoms with van der Waals surface area (Å²) < 4.78 is 5.26. The Bertz CT molecular complexity index is 371. The van der Waals surface area contributed by atoms with E-state index < -0.39 is 0 Å². The normalized spacial score (nSPS) is 17.3. The van der Waals surface area contributed by atoms with Gasteiger partial charge in [0.05, 0.1) is 0 Å². The molecule has 0 unspecified atom stereocenters. The minimum Gasteiger partial charge on any atom is -0.382 e. The first-order chi connectivity index (χ1) is 7.68. The second kappa shape index (κ2) is 4.52. The van der Waals surface area contributed by atoms with E-state index in [1.54, 1.807) is 18.0 Å². The van der Waals surface area contributed by atoms with Crippen LogP contribution in [-0.2, 0) is 4.74 Å². The Balaban J connectivity index is 2.03. The molecule has 6 heteroatoms. The lowest BCUT2D eigenvalue weighted by Gasteiger charge is -2.30. The van der Waals surface area contributed by atoms with E-state index in [4.69, 9.17) is 10.5 Å². The van der Waals surface area contributed by atoms with Gasteiger partial charge >= 0.3 is 0 Å². The predicted molar refractivity (Wildman–Crippen MR) is 58.9 cm³/mol. The maximum absolute atomic E-state index is 12.0. The highest BCUT2D eigenvalue weighted by Crippen LogP contribution is 2.15. The lowest BCUT2D eigenvalue weighted by molar-refractivity contribution is 0.0359. The fourth-order valence-corrected chi connectivity index (χ4v) is 1.88. The van der Waals surface area contributed by atoms with Crippen LogP contribution in [0.25, 0.3) is 0 Å². The molecule has 0 radical (unpaired) electrons. The minimum atomic E-state index is -0.0731. The molecule has 1 aromatic rings. The van der Waals surface area contributed by atoms with Crippen molar-refractivity contribution in [3.8, 4) is 0 Å². The van der Waals surface area contributed by atoms with E-state index in [0.717, 1.165) is 12.8 Å². The summed E-state index contributed by atoms with van der Waals surface area (Å²) in [6.07, 6.45) is 1.76. The predicted octanol–water partition coefficient (Wildman–Crippen LogP) is 0.243. The Kier molecular flexibility index (Phi) is 3.09.